The SMILES string of the molecule is CN=C(NCCS(=O)(=O)NCC1CCCCO1)N(C)Cc1ncc(-c2ccccc2)[nH]1. The van der Waals surface area contributed by atoms with Gasteiger partial charge >= 0.3 is 0 Å². The summed E-state index contributed by atoms with van der Waals surface area (Å²) < 4.78 is 32.8. The van der Waals surface area contributed by atoms with Gasteiger partial charge in [0.05, 0.1) is 30.3 Å². The molecule has 1 fully saturated rings. The van der Waals surface area contributed by atoms with Crippen LogP contribution < -0.4 is 10.0 Å². The lowest BCUT2D eigenvalue weighted by Crippen LogP contribution is -2.43. The number of hydrogen-bond acceptors (Lipinski definition) is 5. The Morgan fingerprint density at radius 2 is 2.13 bits per heavy atom. The summed E-state index contributed by atoms with van der Waals surface area (Å²) in [4.78, 5) is 13.9. The molecular formula is C21H32N6O3S. The first-order valence-corrected chi connectivity index (χ1v) is 12.2. The van der Waals surface area contributed by atoms with Crippen LogP contribution in [0.15, 0.2) is 41.5 Å². The molecule has 0 bridgehead atoms. The summed E-state index contributed by atoms with van der Waals surface area (Å²) in [6.07, 6.45) is 4.81. The molecule has 0 amide bonds. The van der Waals surface area contributed by atoms with Crippen LogP contribution in [0.4, 0.5) is 0 Å². The van der Waals surface area contributed by atoms with E-state index in [1.54, 1.807) is 7.05 Å². The van der Waals surface area contributed by atoms with Crippen LogP contribution in [0, 0.1) is 0 Å². The average Bonchev–Trinajstić information content (AvgIpc) is 3.25. The summed E-state index contributed by atoms with van der Waals surface area (Å²) in [6, 6.07) is 9.99. The minimum Gasteiger partial charge on any atom is -0.377 e. The second-order valence-corrected chi connectivity index (χ2v) is 9.52. The topological polar surface area (TPSA) is 112 Å². The molecule has 0 spiro atoms. The number of hydrogen-bond donors (Lipinski definition) is 3. The Bertz CT molecular complexity index is 939. The van der Waals surface area contributed by atoms with Crippen molar-refractivity contribution in [1.29, 1.82) is 0 Å². The van der Waals surface area contributed by atoms with Crippen LogP contribution in [0.5, 0.6) is 0 Å². The zero-order chi connectivity index (χ0) is 22.1. The van der Waals surface area contributed by atoms with Gasteiger partial charge in [-0.1, -0.05) is 30.3 Å². The smallest absolute Gasteiger partial charge is 0.213 e. The molecule has 1 unspecified atom stereocenters. The van der Waals surface area contributed by atoms with Crippen LogP contribution in [0.25, 0.3) is 11.3 Å². The highest BCUT2D eigenvalue weighted by Crippen LogP contribution is 2.16. The third kappa shape index (κ3) is 7.34. The van der Waals surface area contributed by atoms with E-state index >= 15 is 0 Å². The Morgan fingerprint density at radius 3 is 2.84 bits per heavy atom. The summed E-state index contributed by atoms with van der Waals surface area (Å²) in [6.45, 7) is 1.81. The molecule has 2 heterocycles. The van der Waals surface area contributed by atoms with E-state index in [1.165, 1.54) is 0 Å². The zero-order valence-electron chi connectivity index (χ0n) is 18.2. The van der Waals surface area contributed by atoms with E-state index in [4.69, 9.17) is 4.74 Å². The van der Waals surface area contributed by atoms with E-state index in [1.807, 2.05) is 48.5 Å². The number of nitrogens with one attached hydrogen (secondary N) is 3. The van der Waals surface area contributed by atoms with E-state index in [0.717, 1.165) is 36.3 Å². The molecule has 31 heavy (non-hydrogen) atoms. The Kier molecular flexibility index (Phi) is 8.44. The van der Waals surface area contributed by atoms with Crippen LogP contribution in [0.3, 0.4) is 0 Å². The number of sulfonamides is 1. The molecule has 3 rings (SSSR count). The van der Waals surface area contributed by atoms with Crippen LogP contribution >= 0.6 is 0 Å². The predicted molar refractivity (Wildman–Crippen MR) is 122 cm³/mol. The number of imidazole rings is 1. The largest absolute Gasteiger partial charge is 0.377 e. The van der Waals surface area contributed by atoms with Crippen LogP contribution in [-0.4, -0.2) is 74.9 Å². The highest BCUT2D eigenvalue weighted by Gasteiger charge is 2.18. The summed E-state index contributed by atoms with van der Waals surface area (Å²) in [5.41, 5.74) is 2.02. The first-order chi connectivity index (χ1) is 15.0. The lowest BCUT2D eigenvalue weighted by molar-refractivity contribution is 0.0200. The van der Waals surface area contributed by atoms with Crippen molar-refractivity contribution in [1.82, 2.24) is 24.9 Å². The molecule has 170 valence electrons. The van der Waals surface area contributed by atoms with E-state index in [-0.39, 0.29) is 18.4 Å². The van der Waals surface area contributed by atoms with Crippen LogP contribution in [0.2, 0.25) is 0 Å². The second kappa shape index (κ2) is 11.3. The number of benzene rings is 1. The fourth-order valence-electron chi connectivity index (χ4n) is 3.45. The molecule has 1 aromatic heterocycles. The Morgan fingerprint density at radius 1 is 1.32 bits per heavy atom. The third-order valence-corrected chi connectivity index (χ3v) is 6.48. The maximum Gasteiger partial charge on any atom is 0.213 e. The van der Waals surface area contributed by atoms with E-state index < -0.39 is 10.0 Å². The minimum atomic E-state index is -3.38. The number of aromatic amines is 1. The predicted octanol–water partition coefficient (Wildman–Crippen LogP) is 1.57. The van der Waals surface area contributed by atoms with Gasteiger partial charge in [-0.2, -0.15) is 0 Å². The van der Waals surface area contributed by atoms with Crippen molar-refractivity contribution in [2.75, 3.05) is 39.5 Å². The van der Waals surface area contributed by atoms with Gasteiger partial charge in [-0.3, -0.25) is 4.99 Å². The van der Waals surface area contributed by atoms with Gasteiger partial charge in [-0.05, 0) is 24.8 Å². The van der Waals surface area contributed by atoms with E-state index in [0.29, 0.717) is 25.7 Å². The lowest BCUT2D eigenvalue weighted by Gasteiger charge is -2.23. The Hall–Kier alpha value is -2.43. The molecule has 0 saturated carbocycles. The summed E-state index contributed by atoms with van der Waals surface area (Å²) in [5.74, 6) is 1.36. The molecule has 0 radical (unpaired) electrons. The van der Waals surface area contributed by atoms with E-state index in [9.17, 15) is 8.42 Å². The fourth-order valence-corrected chi connectivity index (χ4v) is 4.40. The molecule has 9 nitrogen and oxygen atoms in total. The monoisotopic (exact) mass is 448 g/mol. The Labute approximate surface area is 184 Å². The molecule has 2 aromatic rings. The van der Waals surface area contributed by atoms with Gasteiger partial charge in [-0.25, -0.2) is 18.1 Å². The number of guanidine groups is 1. The van der Waals surface area contributed by atoms with Gasteiger partial charge in [-0.15, -0.1) is 0 Å². The molecule has 1 aromatic carbocycles. The molecule has 1 aliphatic heterocycles. The van der Waals surface area contributed by atoms with Crippen molar-refractivity contribution in [3.05, 3.63) is 42.4 Å². The van der Waals surface area contributed by atoms with Crippen molar-refractivity contribution < 1.29 is 13.2 Å². The number of ether oxygens (including phenoxy) is 1. The molecule has 10 heteroatoms. The van der Waals surface area contributed by atoms with Crippen molar-refractivity contribution >= 4 is 16.0 Å². The Balaban J connectivity index is 1.44. The third-order valence-electron chi connectivity index (χ3n) is 5.13. The van der Waals surface area contributed by atoms with E-state index in [2.05, 4.69) is 25.0 Å². The highest BCUT2D eigenvalue weighted by atomic mass is 32.2. The number of nitrogens with zero attached hydrogens (tertiary/aromatic N) is 3. The molecule has 0 aliphatic carbocycles. The summed E-state index contributed by atoms with van der Waals surface area (Å²) >= 11 is 0. The maximum atomic E-state index is 12.3. The number of H-pyrrole nitrogens is 1. The normalized spacial score (nSPS) is 17.5. The average molecular weight is 449 g/mol. The number of rotatable bonds is 9. The molecule has 1 saturated heterocycles. The van der Waals surface area contributed by atoms with Crippen molar-refractivity contribution in [2.24, 2.45) is 4.99 Å². The molecule has 3 N–H and O–H groups in total. The fraction of sp³-hybridized carbons (Fsp3) is 0.524. The summed E-state index contributed by atoms with van der Waals surface area (Å²) in [5, 5.41) is 3.11. The van der Waals surface area contributed by atoms with Crippen LogP contribution in [0.1, 0.15) is 25.1 Å². The quantitative estimate of drug-likeness (QED) is 0.397. The maximum absolute atomic E-state index is 12.3. The van der Waals surface area contributed by atoms with Gasteiger partial charge < -0.3 is 19.9 Å². The van der Waals surface area contributed by atoms with Crippen molar-refractivity contribution in [3.8, 4) is 11.3 Å². The van der Waals surface area contributed by atoms with Gasteiger partial charge in [0.25, 0.3) is 0 Å². The van der Waals surface area contributed by atoms with Gasteiger partial charge in [0.2, 0.25) is 10.0 Å². The number of aromatic nitrogens is 2. The first kappa shape index (κ1) is 23.2. The molecule has 1 atom stereocenters. The minimum absolute atomic E-state index is 0.0237. The van der Waals surface area contributed by atoms with Crippen molar-refractivity contribution in [3.63, 3.8) is 0 Å². The molecular weight excluding hydrogens is 416 g/mol. The first-order valence-electron chi connectivity index (χ1n) is 10.6. The lowest BCUT2D eigenvalue weighted by atomic mass is 10.1. The van der Waals surface area contributed by atoms with Crippen LogP contribution in [-0.2, 0) is 21.3 Å². The molecule has 1 aliphatic rings. The standard InChI is InChI=1S/C21H32N6O3S/c1-22-21(23-11-13-31(28,29)25-14-18-10-6-7-12-30-18)27(2)16-20-24-15-19(26-20)17-8-4-3-5-9-17/h3-5,8-9,15,18,25H,6-7,10-14,16H2,1-2H3,(H,22,23)(H,24,26). The van der Waals surface area contributed by atoms with Gasteiger partial charge in [0, 0.05) is 33.8 Å². The highest BCUT2D eigenvalue weighted by molar-refractivity contribution is 7.89. The second-order valence-electron chi connectivity index (χ2n) is 7.60. The zero-order valence-corrected chi connectivity index (χ0v) is 19.0. The summed E-state index contributed by atoms with van der Waals surface area (Å²) in [7, 11) is 0.171. The van der Waals surface area contributed by atoms with Gasteiger partial charge in [0.1, 0.15) is 5.82 Å². The number of aliphatic imine (C=N–C) groups is 1. The van der Waals surface area contributed by atoms with Crippen molar-refractivity contribution in [2.45, 2.75) is 31.9 Å². The van der Waals surface area contributed by atoms with Gasteiger partial charge in [0.15, 0.2) is 5.96 Å².